The van der Waals surface area contributed by atoms with Crippen LogP contribution in [0.2, 0.25) is 13.1 Å². The van der Waals surface area contributed by atoms with Gasteiger partial charge in [-0.05, 0) is 63.2 Å². The molecule has 0 saturated heterocycles. The van der Waals surface area contributed by atoms with Crippen molar-refractivity contribution in [3.8, 4) is 23.3 Å². The van der Waals surface area contributed by atoms with Crippen LogP contribution >= 0.6 is 0 Å². The summed E-state index contributed by atoms with van der Waals surface area (Å²) in [6.07, 6.45) is 4.86. The highest BCUT2D eigenvalue weighted by atomic mass is 28.3. The van der Waals surface area contributed by atoms with Crippen LogP contribution in [0.4, 0.5) is 0 Å². The second-order valence-corrected chi connectivity index (χ2v) is 14.4. The Morgan fingerprint density at radius 1 is 1.03 bits per heavy atom. The Balaban J connectivity index is 1.95. The average molecular weight is 450 g/mol. The zero-order valence-electron chi connectivity index (χ0n) is 20.9. The predicted molar refractivity (Wildman–Crippen MR) is 139 cm³/mol. The average Bonchev–Trinajstić information content (AvgIpc) is 2.76. The molecular weight excluding hydrogens is 410 g/mol. The van der Waals surface area contributed by atoms with Crippen LogP contribution in [-0.2, 0) is 6.54 Å². The molecule has 32 heavy (non-hydrogen) atoms. The number of methoxy groups -OCH3 is 1. The lowest BCUT2D eigenvalue weighted by Crippen LogP contribution is -2.47. The third-order valence-corrected chi connectivity index (χ3v) is 8.00. The standard InChI is InChI=1S/C28H39NO2Si/c1-8-29(20-11-9-10-19-28(2,3)4)22-24-13-12-14-26(21-24)31-23-32(6,7)27-17-15-25(30-5)16-18-27/h9,11-18,21H,8,20,22-23H2,1-7H3/b11-9+. The van der Waals surface area contributed by atoms with Gasteiger partial charge in [0.15, 0.2) is 0 Å². The number of benzene rings is 2. The van der Waals surface area contributed by atoms with Crippen molar-refractivity contribution in [2.24, 2.45) is 5.41 Å². The number of hydrogen-bond donors (Lipinski definition) is 0. The summed E-state index contributed by atoms with van der Waals surface area (Å²) in [6.45, 7) is 16.0. The molecule has 0 aliphatic rings. The van der Waals surface area contributed by atoms with Crippen LogP contribution in [0.25, 0.3) is 0 Å². The monoisotopic (exact) mass is 449 g/mol. The van der Waals surface area contributed by atoms with Crippen molar-refractivity contribution in [2.75, 3.05) is 26.4 Å². The second-order valence-electron chi connectivity index (χ2n) is 9.80. The molecular formula is C28H39NO2Si. The van der Waals surface area contributed by atoms with E-state index in [0.717, 1.165) is 37.4 Å². The van der Waals surface area contributed by atoms with Crippen LogP contribution in [0.1, 0.15) is 33.3 Å². The molecule has 0 unspecified atom stereocenters. The third kappa shape index (κ3) is 8.94. The maximum atomic E-state index is 6.26. The first kappa shape index (κ1) is 25.8. The van der Waals surface area contributed by atoms with E-state index in [1.807, 2.05) is 18.2 Å². The first-order valence-corrected chi connectivity index (χ1v) is 14.6. The molecule has 0 radical (unpaired) electrons. The molecule has 0 N–H and O–H groups in total. The van der Waals surface area contributed by atoms with Crippen molar-refractivity contribution in [2.45, 2.75) is 47.3 Å². The van der Waals surface area contributed by atoms with Gasteiger partial charge in [0.05, 0.1) is 13.3 Å². The molecule has 172 valence electrons. The third-order valence-electron chi connectivity index (χ3n) is 5.23. The molecule has 0 spiro atoms. The lowest BCUT2D eigenvalue weighted by molar-refractivity contribution is 0.310. The van der Waals surface area contributed by atoms with Gasteiger partial charge in [0.1, 0.15) is 19.6 Å². The first-order chi connectivity index (χ1) is 15.1. The van der Waals surface area contributed by atoms with Crippen molar-refractivity contribution in [1.82, 2.24) is 4.90 Å². The van der Waals surface area contributed by atoms with Crippen molar-refractivity contribution in [3.63, 3.8) is 0 Å². The molecule has 0 bridgehead atoms. The first-order valence-electron chi connectivity index (χ1n) is 11.4. The number of nitrogens with zero attached hydrogens (tertiary/aromatic N) is 1. The van der Waals surface area contributed by atoms with Crippen LogP contribution in [-0.4, -0.2) is 39.4 Å². The highest BCUT2D eigenvalue weighted by molar-refractivity contribution is 6.89. The van der Waals surface area contributed by atoms with E-state index in [4.69, 9.17) is 9.47 Å². The van der Waals surface area contributed by atoms with Crippen LogP contribution in [0.5, 0.6) is 11.5 Å². The van der Waals surface area contributed by atoms with Gasteiger partial charge in [-0.3, -0.25) is 4.90 Å². The summed E-state index contributed by atoms with van der Waals surface area (Å²) in [5, 5.41) is 1.37. The molecule has 4 heteroatoms. The minimum absolute atomic E-state index is 0.0417. The summed E-state index contributed by atoms with van der Waals surface area (Å²) >= 11 is 0. The van der Waals surface area contributed by atoms with E-state index in [1.165, 1.54) is 10.8 Å². The van der Waals surface area contributed by atoms with Gasteiger partial charge in [0.2, 0.25) is 0 Å². The molecule has 0 aliphatic heterocycles. The molecule has 0 fully saturated rings. The van der Waals surface area contributed by atoms with Crippen LogP contribution in [0.15, 0.2) is 60.7 Å². The molecule has 2 rings (SSSR count). The van der Waals surface area contributed by atoms with Gasteiger partial charge in [0.25, 0.3) is 0 Å². The largest absolute Gasteiger partial charge is 0.497 e. The molecule has 2 aromatic carbocycles. The lowest BCUT2D eigenvalue weighted by atomic mass is 9.98. The van der Waals surface area contributed by atoms with Crippen molar-refractivity contribution in [3.05, 3.63) is 66.2 Å². The number of likely N-dealkylation sites (N-methyl/N-ethyl adjacent to an activating group) is 1. The topological polar surface area (TPSA) is 21.7 Å². The van der Waals surface area contributed by atoms with Gasteiger partial charge in [-0.2, -0.15) is 0 Å². The van der Waals surface area contributed by atoms with Crippen molar-refractivity contribution in [1.29, 1.82) is 0 Å². The van der Waals surface area contributed by atoms with Gasteiger partial charge in [-0.15, -0.1) is 0 Å². The zero-order valence-corrected chi connectivity index (χ0v) is 21.9. The van der Waals surface area contributed by atoms with Crippen LogP contribution < -0.4 is 14.7 Å². The summed E-state index contributed by atoms with van der Waals surface area (Å²) in [7, 11) is -0.00428. The summed E-state index contributed by atoms with van der Waals surface area (Å²) in [5.41, 5.74) is 1.31. The van der Waals surface area contributed by atoms with Gasteiger partial charge < -0.3 is 9.47 Å². The number of allylic oxidation sites excluding steroid dienone is 1. The number of rotatable bonds is 10. The highest BCUT2D eigenvalue weighted by Crippen LogP contribution is 2.17. The Morgan fingerprint density at radius 3 is 2.38 bits per heavy atom. The number of hydrogen-bond acceptors (Lipinski definition) is 3. The van der Waals surface area contributed by atoms with E-state index in [0.29, 0.717) is 0 Å². The fourth-order valence-corrected chi connectivity index (χ4v) is 4.97. The number of ether oxygens (including phenoxy) is 2. The van der Waals surface area contributed by atoms with Crippen LogP contribution in [0.3, 0.4) is 0 Å². The van der Waals surface area contributed by atoms with Gasteiger partial charge in [-0.1, -0.05) is 67.4 Å². The Kier molecular flexibility index (Phi) is 9.62. The quantitative estimate of drug-likeness (QED) is 0.345. The fraction of sp³-hybridized carbons (Fsp3) is 0.429. The Hall–Kier alpha value is -2.48. The smallest absolute Gasteiger partial charge is 0.124 e. The fourth-order valence-electron chi connectivity index (χ4n) is 3.21. The summed E-state index contributed by atoms with van der Waals surface area (Å²) < 4.78 is 11.5. The van der Waals surface area contributed by atoms with E-state index in [1.54, 1.807) is 7.11 Å². The van der Waals surface area contributed by atoms with E-state index < -0.39 is 8.07 Å². The molecule has 0 atom stereocenters. The van der Waals surface area contributed by atoms with Gasteiger partial charge in [-0.25, -0.2) is 0 Å². The van der Waals surface area contributed by atoms with E-state index in [2.05, 4.69) is 100 Å². The molecule has 0 saturated carbocycles. The molecule has 0 aliphatic carbocycles. The lowest BCUT2D eigenvalue weighted by Gasteiger charge is -2.24. The normalized spacial score (nSPS) is 12.0. The maximum Gasteiger partial charge on any atom is 0.124 e. The van der Waals surface area contributed by atoms with Crippen LogP contribution in [0, 0.1) is 17.3 Å². The van der Waals surface area contributed by atoms with Crippen molar-refractivity contribution < 1.29 is 9.47 Å². The van der Waals surface area contributed by atoms with Crippen molar-refractivity contribution >= 4 is 13.3 Å². The Bertz CT molecular complexity index is 930. The summed E-state index contributed by atoms with van der Waals surface area (Å²) in [4.78, 5) is 2.39. The predicted octanol–water partition coefficient (Wildman–Crippen LogP) is 5.66. The maximum absolute atomic E-state index is 6.26. The SMILES string of the molecule is CCN(C/C=C/C#CC(C)(C)C)Cc1cccc(OC[Si](C)(C)c2ccc(OC)cc2)c1. The molecule has 0 heterocycles. The molecule has 0 aromatic heterocycles. The Morgan fingerprint density at radius 2 is 1.75 bits per heavy atom. The minimum Gasteiger partial charge on any atom is -0.497 e. The molecule has 0 amide bonds. The van der Waals surface area contributed by atoms with Gasteiger partial charge in [0, 0.05) is 18.5 Å². The summed E-state index contributed by atoms with van der Waals surface area (Å²) in [5.74, 6) is 8.22. The van der Waals surface area contributed by atoms with E-state index in [9.17, 15) is 0 Å². The minimum atomic E-state index is -1.70. The second kappa shape index (κ2) is 11.9. The summed E-state index contributed by atoms with van der Waals surface area (Å²) in [6, 6.07) is 16.9. The van der Waals surface area contributed by atoms with E-state index in [-0.39, 0.29) is 5.41 Å². The van der Waals surface area contributed by atoms with Gasteiger partial charge >= 0.3 is 0 Å². The highest BCUT2D eigenvalue weighted by Gasteiger charge is 2.25. The molecule has 2 aromatic rings. The van der Waals surface area contributed by atoms with E-state index >= 15 is 0 Å². The molecule has 3 nitrogen and oxygen atoms in total. The Labute approximate surface area is 196 Å². The zero-order chi connectivity index (χ0) is 23.6.